The van der Waals surface area contributed by atoms with E-state index in [2.05, 4.69) is 10.0 Å². The monoisotopic (exact) mass is 377 g/mol. The second-order valence-corrected chi connectivity index (χ2v) is 6.61. The van der Waals surface area contributed by atoms with E-state index in [1.54, 1.807) is 31.2 Å². The number of azide groups is 1. The first kappa shape index (κ1) is 19.1. The van der Waals surface area contributed by atoms with Crippen LogP contribution in [-0.2, 0) is 30.4 Å². The molecule has 2 aliphatic carbocycles. The van der Waals surface area contributed by atoms with Crippen LogP contribution in [0.25, 0.3) is 10.4 Å². The number of hydrogen-bond acceptors (Lipinski definition) is 6. The van der Waals surface area contributed by atoms with Crippen molar-refractivity contribution in [1.82, 2.24) is 0 Å². The SMILES string of the molecule is CCOC(=O)[C@@]1(F)[C@@H]2C[C@@H](OC)[C@@](N=[N+]=[N-])(C(=O)OCc3ccccc3)[C@@H]21. The van der Waals surface area contributed by atoms with Gasteiger partial charge < -0.3 is 14.2 Å². The lowest BCUT2D eigenvalue weighted by molar-refractivity contribution is -0.162. The van der Waals surface area contributed by atoms with Crippen molar-refractivity contribution < 1.29 is 28.2 Å². The summed E-state index contributed by atoms with van der Waals surface area (Å²) in [4.78, 5) is 27.8. The number of carbonyl (C=O) groups is 2. The van der Waals surface area contributed by atoms with Crippen molar-refractivity contribution in [3.8, 4) is 0 Å². The number of alkyl halides is 1. The molecule has 1 aromatic carbocycles. The molecule has 1 aromatic rings. The molecule has 0 radical (unpaired) electrons. The molecule has 0 heterocycles. The topological polar surface area (TPSA) is 111 Å². The lowest BCUT2D eigenvalue weighted by Crippen LogP contribution is -2.52. The molecule has 0 saturated heterocycles. The summed E-state index contributed by atoms with van der Waals surface area (Å²) in [5.74, 6) is -3.96. The Hall–Kier alpha value is -2.64. The Labute approximate surface area is 155 Å². The largest absolute Gasteiger partial charge is 0.464 e. The fraction of sp³-hybridized carbons (Fsp3) is 0.556. The van der Waals surface area contributed by atoms with Gasteiger partial charge in [-0.15, -0.1) is 0 Å². The van der Waals surface area contributed by atoms with Crippen LogP contribution < -0.4 is 0 Å². The predicted octanol–water partition coefficient (Wildman–Crippen LogP) is 2.72. The van der Waals surface area contributed by atoms with Crippen LogP contribution in [0.4, 0.5) is 4.39 Å². The molecule has 0 aromatic heterocycles. The van der Waals surface area contributed by atoms with Gasteiger partial charge in [0.25, 0.3) is 0 Å². The Bertz CT molecular complexity index is 784. The first-order chi connectivity index (χ1) is 13.0. The summed E-state index contributed by atoms with van der Waals surface area (Å²) in [7, 11) is 1.34. The third-order valence-electron chi connectivity index (χ3n) is 5.34. The zero-order valence-electron chi connectivity index (χ0n) is 15.0. The third kappa shape index (κ3) is 2.83. The van der Waals surface area contributed by atoms with E-state index in [0.29, 0.717) is 0 Å². The number of esters is 2. The lowest BCUT2D eigenvalue weighted by Gasteiger charge is -2.32. The number of fused-ring (bicyclic) bond motifs is 1. The smallest absolute Gasteiger partial charge is 0.344 e. The van der Waals surface area contributed by atoms with Crippen LogP contribution in [0.15, 0.2) is 35.4 Å². The normalized spacial score (nSPS) is 33.5. The van der Waals surface area contributed by atoms with Crippen molar-refractivity contribution in [3.63, 3.8) is 0 Å². The van der Waals surface area contributed by atoms with Gasteiger partial charge in [0.05, 0.1) is 12.7 Å². The molecule has 5 atom stereocenters. The lowest BCUT2D eigenvalue weighted by atomic mass is 9.87. The van der Waals surface area contributed by atoms with Gasteiger partial charge in [-0.3, -0.25) is 4.79 Å². The molecule has 27 heavy (non-hydrogen) atoms. The minimum atomic E-state index is -2.38. The number of nitrogens with zero attached hydrogens (tertiary/aromatic N) is 3. The highest BCUT2D eigenvalue weighted by Gasteiger charge is 2.86. The molecular weight excluding hydrogens is 357 g/mol. The number of benzene rings is 1. The molecule has 2 fully saturated rings. The summed E-state index contributed by atoms with van der Waals surface area (Å²) in [5.41, 5.74) is 5.43. The van der Waals surface area contributed by atoms with Crippen LogP contribution in [0, 0.1) is 11.8 Å². The maximum Gasteiger partial charge on any atom is 0.344 e. The van der Waals surface area contributed by atoms with Crippen LogP contribution in [0.5, 0.6) is 0 Å². The van der Waals surface area contributed by atoms with Gasteiger partial charge in [-0.1, -0.05) is 35.4 Å². The van der Waals surface area contributed by atoms with Crippen molar-refractivity contribution in [2.45, 2.75) is 37.3 Å². The van der Waals surface area contributed by atoms with E-state index >= 15 is 4.39 Å². The number of ether oxygens (including phenoxy) is 3. The molecular formula is C18H20FN3O5. The number of rotatable bonds is 7. The fourth-order valence-corrected chi connectivity index (χ4v) is 4.10. The van der Waals surface area contributed by atoms with Gasteiger partial charge in [-0.05, 0) is 24.4 Å². The Kier molecular flexibility index (Phi) is 5.08. The predicted molar refractivity (Wildman–Crippen MR) is 91.0 cm³/mol. The molecule has 2 aliphatic rings. The summed E-state index contributed by atoms with van der Waals surface area (Å²) in [6, 6.07) is 8.90. The van der Waals surface area contributed by atoms with Gasteiger partial charge in [-0.2, -0.15) is 0 Å². The Morgan fingerprint density at radius 1 is 1.30 bits per heavy atom. The molecule has 0 aliphatic heterocycles. The molecule has 0 amide bonds. The Morgan fingerprint density at radius 2 is 2.00 bits per heavy atom. The number of halogens is 1. The van der Waals surface area contributed by atoms with E-state index in [0.717, 1.165) is 5.56 Å². The molecule has 3 rings (SSSR count). The van der Waals surface area contributed by atoms with Gasteiger partial charge >= 0.3 is 11.9 Å². The Morgan fingerprint density at radius 3 is 2.59 bits per heavy atom. The van der Waals surface area contributed by atoms with E-state index in [1.165, 1.54) is 7.11 Å². The van der Waals surface area contributed by atoms with Gasteiger partial charge in [0.15, 0.2) is 5.54 Å². The van der Waals surface area contributed by atoms with E-state index < -0.39 is 41.1 Å². The van der Waals surface area contributed by atoms with Crippen LogP contribution in [0.2, 0.25) is 0 Å². The minimum absolute atomic E-state index is 0.00458. The minimum Gasteiger partial charge on any atom is -0.464 e. The highest BCUT2D eigenvalue weighted by Crippen LogP contribution is 2.69. The van der Waals surface area contributed by atoms with Crippen LogP contribution in [0.3, 0.4) is 0 Å². The van der Waals surface area contributed by atoms with Gasteiger partial charge in [0.1, 0.15) is 6.61 Å². The fourth-order valence-electron chi connectivity index (χ4n) is 4.10. The summed E-state index contributed by atoms with van der Waals surface area (Å²) >= 11 is 0. The van der Waals surface area contributed by atoms with Crippen molar-refractivity contribution in [1.29, 1.82) is 0 Å². The average Bonchev–Trinajstić information content (AvgIpc) is 3.12. The third-order valence-corrected chi connectivity index (χ3v) is 5.34. The number of carbonyl (C=O) groups excluding carboxylic acids is 2. The molecule has 9 heteroatoms. The second-order valence-electron chi connectivity index (χ2n) is 6.61. The van der Waals surface area contributed by atoms with Crippen molar-refractivity contribution >= 4 is 11.9 Å². The molecule has 0 N–H and O–H groups in total. The molecule has 0 bridgehead atoms. The van der Waals surface area contributed by atoms with E-state index in [9.17, 15) is 9.59 Å². The van der Waals surface area contributed by atoms with Crippen LogP contribution >= 0.6 is 0 Å². The van der Waals surface area contributed by atoms with E-state index in [-0.39, 0.29) is 19.6 Å². The summed E-state index contributed by atoms with van der Waals surface area (Å²) in [6.07, 6.45) is -0.833. The maximum absolute atomic E-state index is 15.3. The summed E-state index contributed by atoms with van der Waals surface area (Å²) in [6.45, 7) is 1.49. The first-order valence-electron chi connectivity index (χ1n) is 8.63. The second kappa shape index (κ2) is 7.17. The first-order valence-corrected chi connectivity index (χ1v) is 8.63. The number of methoxy groups -OCH3 is 1. The standard InChI is InChI=1S/C18H20FN3O5/c1-3-26-15(23)17(19)12-9-13(25-2)18(14(12)17,21-22-20)16(24)27-10-11-7-5-4-6-8-11/h4-8,12-14H,3,9-10H2,1-2H3/t12-,13-,14+,17-,18+/m1/s1. The van der Waals surface area contributed by atoms with Crippen LogP contribution in [0.1, 0.15) is 18.9 Å². The van der Waals surface area contributed by atoms with Gasteiger partial charge in [-0.25, -0.2) is 9.18 Å². The van der Waals surface area contributed by atoms with Crippen molar-refractivity contribution in [2.24, 2.45) is 17.0 Å². The zero-order valence-corrected chi connectivity index (χ0v) is 15.0. The highest BCUT2D eigenvalue weighted by molar-refractivity contribution is 5.92. The van der Waals surface area contributed by atoms with Gasteiger partial charge in [0, 0.05) is 23.9 Å². The van der Waals surface area contributed by atoms with E-state index in [4.69, 9.17) is 19.7 Å². The zero-order chi connectivity index (χ0) is 19.7. The molecule has 8 nitrogen and oxygen atoms in total. The number of hydrogen-bond donors (Lipinski definition) is 0. The molecule has 0 unspecified atom stereocenters. The molecule has 0 spiro atoms. The van der Waals surface area contributed by atoms with Crippen LogP contribution in [-0.4, -0.2) is 43.0 Å². The van der Waals surface area contributed by atoms with E-state index in [1.807, 2.05) is 6.07 Å². The average molecular weight is 377 g/mol. The molecule has 144 valence electrons. The molecule has 2 saturated carbocycles. The van der Waals surface area contributed by atoms with Crippen molar-refractivity contribution in [2.75, 3.05) is 13.7 Å². The van der Waals surface area contributed by atoms with Crippen molar-refractivity contribution in [3.05, 3.63) is 46.3 Å². The highest BCUT2D eigenvalue weighted by atomic mass is 19.1. The quantitative estimate of drug-likeness (QED) is 0.314. The Balaban J connectivity index is 1.89. The summed E-state index contributed by atoms with van der Waals surface area (Å²) in [5, 5.41) is 3.61. The summed E-state index contributed by atoms with van der Waals surface area (Å²) < 4.78 is 30.8. The van der Waals surface area contributed by atoms with Gasteiger partial charge in [0.2, 0.25) is 5.67 Å². The maximum atomic E-state index is 15.3.